The highest BCUT2D eigenvalue weighted by molar-refractivity contribution is 7.09. The second kappa shape index (κ2) is 10.2. The van der Waals surface area contributed by atoms with Crippen LogP contribution in [0.5, 0.6) is 0 Å². The molecule has 1 aromatic carbocycles. The minimum absolute atomic E-state index is 0.201. The van der Waals surface area contributed by atoms with Crippen LogP contribution in [0.15, 0.2) is 41.8 Å². The maximum absolute atomic E-state index is 12.1. The molecule has 0 bridgehead atoms. The van der Waals surface area contributed by atoms with Crippen molar-refractivity contribution in [2.45, 2.75) is 26.3 Å². The number of amides is 3. The molecule has 0 radical (unpaired) electrons. The number of hydrogen-bond donors (Lipinski definition) is 3. The topological polar surface area (TPSA) is 90.5 Å². The van der Waals surface area contributed by atoms with E-state index in [4.69, 9.17) is 0 Å². The molecule has 1 aromatic heterocycles. The number of thiophene rings is 1. The van der Waals surface area contributed by atoms with Gasteiger partial charge in [-0.2, -0.15) is 0 Å². The van der Waals surface area contributed by atoms with Gasteiger partial charge >= 0.3 is 11.8 Å². The van der Waals surface area contributed by atoms with Crippen LogP contribution < -0.4 is 16.0 Å². The lowest BCUT2D eigenvalue weighted by molar-refractivity contribution is -0.136. The molecule has 0 unspecified atom stereocenters. The Morgan fingerprint density at radius 1 is 1.03 bits per heavy atom. The summed E-state index contributed by atoms with van der Waals surface area (Å²) in [4.78, 5) is 39.2. The molecule has 2 heterocycles. The van der Waals surface area contributed by atoms with Gasteiger partial charge in [-0.1, -0.05) is 12.1 Å². The van der Waals surface area contributed by atoms with Gasteiger partial charge in [0.25, 0.3) is 0 Å². The number of hydrogen-bond acceptors (Lipinski definition) is 5. The van der Waals surface area contributed by atoms with Gasteiger partial charge in [0.05, 0.1) is 0 Å². The number of rotatable bonds is 6. The van der Waals surface area contributed by atoms with Gasteiger partial charge in [0.2, 0.25) is 5.91 Å². The summed E-state index contributed by atoms with van der Waals surface area (Å²) in [6.45, 7) is 4.90. The highest BCUT2D eigenvalue weighted by Gasteiger charge is 2.21. The van der Waals surface area contributed by atoms with Gasteiger partial charge in [-0.15, -0.1) is 11.3 Å². The number of nitrogens with one attached hydrogen (secondary N) is 3. The summed E-state index contributed by atoms with van der Waals surface area (Å²) in [6, 6.07) is 10.9. The van der Waals surface area contributed by atoms with E-state index in [0.717, 1.165) is 32.5 Å². The minimum atomic E-state index is -0.708. The van der Waals surface area contributed by atoms with Gasteiger partial charge in [-0.3, -0.25) is 19.3 Å². The van der Waals surface area contributed by atoms with Crippen LogP contribution >= 0.6 is 11.3 Å². The van der Waals surface area contributed by atoms with Gasteiger partial charge in [0, 0.05) is 36.3 Å². The zero-order chi connectivity index (χ0) is 20.6. The molecule has 3 amide bonds. The van der Waals surface area contributed by atoms with Crippen molar-refractivity contribution in [1.29, 1.82) is 0 Å². The molecule has 1 saturated heterocycles. The van der Waals surface area contributed by atoms with Crippen molar-refractivity contribution < 1.29 is 14.4 Å². The molecule has 1 fully saturated rings. The summed E-state index contributed by atoms with van der Waals surface area (Å²) in [7, 11) is 0. The second-order valence-corrected chi connectivity index (χ2v) is 8.26. The van der Waals surface area contributed by atoms with Crippen LogP contribution in [0.3, 0.4) is 0 Å². The van der Waals surface area contributed by atoms with E-state index in [1.165, 1.54) is 11.8 Å². The van der Waals surface area contributed by atoms with Crippen LogP contribution in [0, 0.1) is 5.92 Å². The van der Waals surface area contributed by atoms with Crippen LogP contribution in [0.2, 0.25) is 0 Å². The van der Waals surface area contributed by atoms with Gasteiger partial charge in [-0.05, 0) is 61.5 Å². The average molecular weight is 415 g/mol. The number of carbonyl (C=O) groups is 3. The summed E-state index contributed by atoms with van der Waals surface area (Å²) in [6.07, 6.45) is 2.01. The van der Waals surface area contributed by atoms with E-state index in [9.17, 15) is 14.4 Å². The van der Waals surface area contributed by atoms with Crippen LogP contribution in [-0.2, 0) is 20.9 Å². The molecule has 0 aliphatic carbocycles. The zero-order valence-electron chi connectivity index (χ0n) is 16.4. The van der Waals surface area contributed by atoms with Crippen molar-refractivity contribution in [3.05, 3.63) is 46.7 Å². The molecule has 8 heteroatoms. The van der Waals surface area contributed by atoms with Gasteiger partial charge in [-0.25, -0.2) is 0 Å². The second-order valence-electron chi connectivity index (χ2n) is 7.23. The van der Waals surface area contributed by atoms with Crippen molar-refractivity contribution in [2.24, 2.45) is 5.92 Å². The first-order valence-corrected chi connectivity index (χ1v) is 10.6. The zero-order valence-corrected chi connectivity index (χ0v) is 17.3. The first-order valence-electron chi connectivity index (χ1n) is 9.71. The van der Waals surface area contributed by atoms with Crippen molar-refractivity contribution in [3.63, 3.8) is 0 Å². The normalized spacial score (nSPS) is 14.9. The third-order valence-electron chi connectivity index (χ3n) is 4.87. The fourth-order valence-electron chi connectivity index (χ4n) is 3.35. The average Bonchev–Trinajstić information content (AvgIpc) is 3.20. The molecule has 3 rings (SSSR count). The highest BCUT2D eigenvalue weighted by atomic mass is 32.1. The number of nitrogens with zero attached hydrogens (tertiary/aromatic N) is 1. The molecule has 1 aliphatic heterocycles. The summed E-state index contributed by atoms with van der Waals surface area (Å²) in [5, 5.41) is 10.0. The van der Waals surface area contributed by atoms with Crippen LogP contribution in [-0.4, -0.2) is 42.3 Å². The Hall–Kier alpha value is -2.71. The van der Waals surface area contributed by atoms with Crippen LogP contribution in [0.4, 0.5) is 11.4 Å². The van der Waals surface area contributed by atoms with E-state index in [-0.39, 0.29) is 5.91 Å². The summed E-state index contributed by atoms with van der Waals surface area (Å²) in [5.74, 6) is -1.17. The quantitative estimate of drug-likeness (QED) is 0.634. The third-order valence-corrected chi connectivity index (χ3v) is 5.73. The SMILES string of the molecule is CC(=O)Nc1cccc(NC(=O)C(=O)NCC2CCN(Cc3cccs3)CC2)c1. The largest absolute Gasteiger partial charge is 0.348 e. The molecule has 1 aliphatic rings. The molecule has 0 spiro atoms. The molecule has 0 atom stereocenters. The molecule has 7 nitrogen and oxygen atoms in total. The third kappa shape index (κ3) is 6.69. The lowest BCUT2D eigenvalue weighted by Gasteiger charge is -2.31. The van der Waals surface area contributed by atoms with Gasteiger partial charge < -0.3 is 16.0 Å². The maximum Gasteiger partial charge on any atom is 0.313 e. The van der Waals surface area contributed by atoms with Crippen molar-refractivity contribution in [1.82, 2.24) is 10.2 Å². The Kier molecular flexibility index (Phi) is 7.37. The number of likely N-dealkylation sites (tertiary alicyclic amines) is 1. The molecule has 154 valence electrons. The Bertz CT molecular complexity index is 845. The van der Waals surface area contributed by atoms with Crippen LogP contribution in [0.25, 0.3) is 0 Å². The van der Waals surface area contributed by atoms with E-state index in [1.54, 1.807) is 35.6 Å². The first-order chi connectivity index (χ1) is 14.0. The van der Waals surface area contributed by atoms with E-state index in [1.807, 2.05) is 0 Å². The predicted molar refractivity (Wildman–Crippen MR) is 115 cm³/mol. The van der Waals surface area contributed by atoms with E-state index < -0.39 is 11.8 Å². The van der Waals surface area contributed by atoms with Gasteiger partial charge in [0.15, 0.2) is 0 Å². The molecule has 0 saturated carbocycles. The number of carbonyl (C=O) groups excluding carboxylic acids is 3. The fourth-order valence-corrected chi connectivity index (χ4v) is 4.10. The molecule has 3 N–H and O–H groups in total. The van der Waals surface area contributed by atoms with E-state index in [0.29, 0.717) is 23.8 Å². The smallest absolute Gasteiger partial charge is 0.313 e. The Morgan fingerprint density at radius 2 is 1.76 bits per heavy atom. The monoisotopic (exact) mass is 414 g/mol. The Balaban J connectivity index is 1.39. The number of anilines is 2. The Labute approximate surface area is 174 Å². The highest BCUT2D eigenvalue weighted by Crippen LogP contribution is 2.20. The van der Waals surface area contributed by atoms with Crippen molar-refractivity contribution in [3.8, 4) is 0 Å². The number of benzene rings is 1. The van der Waals surface area contributed by atoms with Gasteiger partial charge in [0.1, 0.15) is 0 Å². The summed E-state index contributed by atoms with van der Waals surface area (Å²) < 4.78 is 0. The predicted octanol–water partition coefficient (Wildman–Crippen LogP) is 2.67. The molecule has 29 heavy (non-hydrogen) atoms. The molecular formula is C21H26N4O3S. The minimum Gasteiger partial charge on any atom is -0.348 e. The Morgan fingerprint density at radius 3 is 2.41 bits per heavy atom. The molecule has 2 aromatic rings. The summed E-state index contributed by atoms with van der Waals surface area (Å²) >= 11 is 1.78. The van der Waals surface area contributed by atoms with E-state index >= 15 is 0 Å². The lowest BCUT2D eigenvalue weighted by Crippen LogP contribution is -2.41. The first kappa shape index (κ1) is 21.0. The fraction of sp³-hybridized carbons (Fsp3) is 0.381. The molecular weight excluding hydrogens is 388 g/mol. The van der Waals surface area contributed by atoms with Crippen LogP contribution in [0.1, 0.15) is 24.6 Å². The summed E-state index contributed by atoms with van der Waals surface area (Å²) in [5.41, 5.74) is 1.02. The van der Waals surface area contributed by atoms with E-state index in [2.05, 4.69) is 38.4 Å². The maximum atomic E-state index is 12.1. The number of piperidine rings is 1. The lowest BCUT2D eigenvalue weighted by atomic mass is 9.97. The van der Waals surface area contributed by atoms with Crippen molar-refractivity contribution in [2.75, 3.05) is 30.3 Å². The van der Waals surface area contributed by atoms with Crippen molar-refractivity contribution >= 4 is 40.4 Å². The standard InChI is InChI=1S/C21H26N4O3S/c1-15(26)23-17-4-2-5-18(12-17)24-21(28)20(27)22-13-16-7-9-25(10-8-16)14-19-6-3-11-29-19/h2-6,11-12,16H,7-10,13-14H2,1H3,(H,22,27)(H,23,26)(H,24,28).